The quantitative estimate of drug-likeness (QED) is 0.465. The number of anilines is 1. The Hall–Kier alpha value is -2.37. The lowest BCUT2D eigenvalue weighted by Gasteiger charge is -2.20. The van der Waals surface area contributed by atoms with Crippen LogP contribution in [0.3, 0.4) is 0 Å². The average molecular weight is 377 g/mol. The first-order valence-corrected chi connectivity index (χ1v) is 10.1. The highest BCUT2D eigenvalue weighted by Gasteiger charge is 2.24. The number of nitriles is 1. The van der Waals surface area contributed by atoms with Crippen LogP contribution in [0, 0.1) is 11.3 Å². The van der Waals surface area contributed by atoms with Crippen molar-refractivity contribution in [1.82, 2.24) is 4.31 Å². The molecule has 0 saturated carbocycles. The van der Waals surface area contributed by atoms with Gasteiger partial charge >= 0.3 is 5.97 Å². The Morgan fingerprint density at radius 1 is 1.23 bits per heavy atom. The van der Waals surface area contributed by atoms with Gasteiger partial charge in [-0.2, -0.15) is 9.57 Å². The second-order valence-corrected chi connectivity index (χ2v) is 7.82. The Kier molecular flexibility index (Phi) is 7.18. The van der Waals surface area contributed by atoms with Crippen LogP contribution in [0.4, 0.5) is 5.69 Å². The summed E-state index contributed by atoms with van der Waals surface area (Å²) in [5, 5.41) is 11.8. The number of ether oxygens (including phenoxy) is 1. The Labute approximate surface area is 154 Å². The average Bonchev–Trinajstić information content (AvgIpc) is 2.93. The van der Waals surface area contributed by atoms with Crippen LogP contribution < -0.4 is 5.32 Å². The Balaban J connectivity index is 2.10. The van der Waals surface area contributed by atoms with Crippen molar-refractivity contribution in [2.45, 2.75) is 37.5 Å². The van der Waals surface area contributed by atoms with E-state index in [1.807, 2.05) is 0 Å². The lowest BCUT2D eigenvalue weighted by Crippen LogP contribution is -2.31. The second-order valence-electron chi connectivity index (χ2n) is 5.88. The summed E-state index contributed by atoms with van der Waals surface area (Å²) in [4.78, 5) is 11.8. The molecule has 1 aromatic carbocycles. The SMILES string of the molecule is CCOC(=O)/C(C#N)=C\Nc1ccc(S(=O)(=O)N2CCCCCC2)cc1. The highest BCUT2D eigenvalue weighted by atomic mass is 32.2. The zero-order chi connectivity index (χ0) is 19.0. The van der Waals surface area contributed by atoms with Crippen molar-refractivity contribution in [1.29, 1.82) is 5.26 Å². The van der Waals surface area contributed by atoms with Gasteiger partial charge in [-0.05, 0) is 44.0 Å². The van der Waals surface area contributed by atoms with Gasteiger partial charge in [0.05, 0.1) is 11.5 Å². The Morgan fingerprint density at radius 3 is 2.38 bits per heavy atom. The fourth-order valence-electron chi connectivity index (χ4n) is 2.66. The minimum atomic E-state index is -3.50. The molecule has 0 amide bonds. The summed E-state index contributed by atoms with van der Waals surface area (Å²) < 4.78 is 31.7. The van der Waals surface area contributed by atoms with Crippen LogP contribution in [0.2, 0.25) is 0 Å². The summed E-state index contributed by atoms with van der Waals surface area (Å²) in [7, 11) is -3.50. The van der Waals surface area contributed by atoms with E-state index in [0.29, 0.717) is 18.8 Å². The third kappa shape index (κ3) is 5.07. The van der Waals surface area contributed by atoms with E-state index in [9.17, 15) is 13.2 Å². The molecular formula is C18H23N3O4S. The van der Waals surface area contributed by atoms with Gasteiger partial charge in [0, 0.05) is 25.0 Å². The van der Waals surface area contributed by atoms with Crippen molar-refractivity contribution >= 4 is 21.7 Å². The number of nitrogens with one attached hydrogen (secondary N) is 1. The summed E-state index contributed by atoms with van der Waals surface area (Å²) >= 11 is 0. The van der Waals surface area contributed by atoms with Gasteiger partial charge in [-0.1, -0.05) is 12.8 Å². The number of carbonyl (C=O) groups is 1. The first-order chi connectivity index (χ1) is 12.5. The predicted molar refractivity (Wildman–Crippen MR) is 97.6 cm³/mol. The van der Waals surface area contributed by atoms with Crippen LogP contribution in [-0.4, -0.2) is 38.4 Å². The van der Waals surface area contributed by atoms with Crippen molar-refractivity contribution in [3.63, 3.8) is 0 Å². The molecule has 8 heteroatoms. The van der Waals surface area contributed by atoms with Gasteiger partial charge in [-0.3, -0.25) is 0 Å². The molecule has 1 N–H and O–H groups in total. The molecule has 1 saturated heterocycles. The summed E-state index contributed by atoms with van der Waals surface area (Å²) in [6, 6.07) is 8.00. The van der Waals surface area contributed by atoms with Gasteiger partial charge in [-0.15, -0.1) is 0 Å². The molecule has 0 radical (unpaired) electrons. The molecule has 2 rings (SSSR count). The van der Waals surface area contributed by atoms with E-state index in [-0.39, 0.29) is 17.1 Å². The maximum absolute atomic E-state index is 12.7. The van der Waals surface area contributed by atoms with Crippen LogP contribution in [-0.2, 0) is 19.6 Å². The zero-order valence-corrected chi connectivity index (χ0v) is 15.6. The fourth-order valence-corrected chi connectivity index (χ4v) is 4.17. The van der Waals surface area contributed by atoms with Crippen molar-refractivity contribution in [3.05, 3.63) is 36.0 Å². The molecule has 0 bridgehead atoms. The van der Waals surface area contributed by atoms with Crippen molar-refractivity contribution < 1.29 is 17.9 Å². The van der Waals surface area contributed by atoms with E-state index in [1.165, 1.54) is 22.6 Å². The first kappa shape index (κ1) is 19.9. The zero-order valence-electron chi connectivity index (χ0n) is 14.8. The van der Waals surface area contributed by atoms with Crippen LogP contribution in [0.5, 0.6) is 0 Å². The molecule has 0 spiro atoms. The van der Waals surface area contributed by atoms with Gasteiger partial charge in [-0.25, -0.2) is 13.2 Å². The lowest BCUT2D eigenvalue weighted by atomic mass is 10.2. The van der Waals surface area contributed by atoms with Gasteiger partial charge in [0.25, 0.3) is 0 Å². The summed E-state index contributed by atoms with van der Waals surface area (Å²) in [6.45, 7) is 2.94. The van der Waals surface area contributed by atoms with E-state index in [4.69, 9.17) is 10.00 Å². The number of carbonyl (C=O) groups excluding carboxylic acids is 1. The molecule has 1 aromatic rings. The minimum absolute atomic E-state index is 0.159. The number of esters is 1. The molecule has 0 aliphatic carbocycles. The molecular weight excluding hydrogens is 354 g/mol. The third-order valence-corrected chi connectivity index (χ3v) is 5.97. The van der Waals surface area contributed by atoms with Gasteiger partial charge in [0.15, 0.2) is 5.57 Å². The minimum Gasteiger partial charge on any atom is -0.462 e. The van der Waals surface area contributed by atoms with Crippen molar-refractivity contribution in [3.8, 4) is 6.07 Å². The van der Waals surface area contributed by atoms with E-state index >= 15 is 0 Å². The molecule has 0 aromatic heterocycles. The number of sulfonamides is 1. The first-order valence-electron chi connectivity index (χ1n) is 8.63. The van der Waals surface area contributed by atoms with E-state index in [2.05, 4.69) is 5.32 Å². The van der Waals surface area contributed by atoms with Gasteiger partial charge in [0.1, 0.15) is 6.07 Å². The van der Waals surface area contributed by atoms with E-state index in [0.717, 1.165) is 25.7 Å². The lowest BCUT2D eigenvalue weighted by molar-refractivity contribution is -0.138. The Morgan fingerprint density at radius 2 is 1.85 bits per heavy atom. The summed E-state index contributed by atoms with van der Waals surface area (Å²) in [5.41, 5.74) is 0.407. The number of hydrogen-bond donors (Lipinski definition) is 1. The molecule has 26 heavy (non-hydrogen) atoms. The number of hydrogen-bond acceptors (Lipinski definition) is 6. The number of benzene rings is 1. The molecule has 1 fully saturated rings. The second kappa shape index (κ2) is 9.36. The molecule has 0 unspecified atom stereocenters. The van der Waals surface area contributed by atoms with Crippen molar-refractivity contribution in [2.24, 2.45) is 0 Å². The number of nitrogens with zero attached hydrogens (tertiary/aromatic N) is 2. The monoisotopic (exact) mass is 377 g/mol. The predicted octanol–water partition coefficient (Wildman–Crippen LogP) is 2.63. The Bertz CT molecular complexity index is 787. The molecule has 7 nitrogen and oxygen atoms in total. The molecule has 1 aliphatic rings. The summed E-state index contributed by atoms with van der Waals surface area (Å²) in [6.07, 6.45) is 5.13. The maximum atomic E-state index is 12.7. The normalized spacial score (nSPS) is 16.4. The largest absolute Gasteiger partial charge is 0.462 e. The molecule has 0 atom stereocenters. The highest BCUT2D eigenvalue weighted by molar-refractivity contribution is 7.89. The fraction of sp³-hybridized carbons (Fsp3) is 0.444. The summed E-state index contributed by atoms with van der Waals surface area (Å²) in [5.74, 6) is -0.706. The van der Waals surface area contributed by atoms with Crippen LogP contribution >= 0.6 is 0 Å². The highest BCUT2D eigenvalue weighted by Crippen LogP contribution is 2.21. The third-order valence-electron chi connectivity index (χ3n) is 4.06. The van der Waals surface area contributed by atoms with E-state index in [1.54, 1.807) is 25.1 Å². The van der Waals surface area contributed by atoms with Crippen LogP contribution in [0.25, 0.3) is 0 Å². The maximum Gasteiger partial charge on any atom is 0.350 e. The van der Waals surface area contributed by atoms with Crippen LogP contribution in [0.1, 0.15) is 32.6 Å². The standard InChI is InChI=1S/C18H23N3O4S/c1-2-25-18(22)15(13-19)14-20-16-7-9-17(10-8-16)26(23,24)21-11-5-3-4-6-12-21/h7-10,14,20H,2-6,11-12H2,1H3/b15-14-. The smallest absolute Gasteiger partial charge is 0.350 e. The van der Waals surface area contributed by atoms with Gasteiger partial charge in [0.2, 0.25) is 10.0 Å². The van der Waals surface area contributed by atoms with Crippen LogP contribution in [0.15, 0.2) is 40.9 Å². The van der Waals surface area contributed by atoms with Crippen molar-refractivity contribution in [2.75, 3.05) is 25.0 Å². The van der Waals surface area contributed by atoms with E-state index < -0.39 is 16.0 Å². The molecule has 1 aliphatic heterocycles. The van der Waals surface area contributed by atoms with Gasteiger partial charge < -0.3 is 10.1 Å². The molecule has 1 heterocycles. The topological polar surface area (TPSA) is 99.5 Å². The number of rotatable bonds is 6. The molecule has 140 valence electrons.